The monoisotopic (exact) mass is 296 g/mol. The van der Waals surface area contributed by atoms with Gasteiger partial charge in [0.2, 0.25) is 0 Å². The summed E-state index contributed by atoms with van der Waals surface area (Å²) in [6.45, 7) is 5.10. The maximum atomic E-state index is 11.7. The largest absolute Gasteiger partial charge is 0.420 e. The molecule has 17 heavy (non-hydrogen) atoms. The van der Waals surface area contributed by atoms with Crippen LogP contribution < -0.4 is 10.5 Å². The molecule has 2 N–H and O–H groups in total. The number of carbonyl (C=O) groups excluding carboxylic acids is 1. The van der Waals surface area contributed by atoms with Crippen molar-refractivity contribution in [2.75, 3.05) is 5.73 Å². The summed E-state index contributed by atoms with van der Waals surface area (Å²) in [5, 5.41) is -0.0641. The molecule has 0 aliphatic carbocycles. The summed E-state index contributed by atoms with van der Waals surface area (Å²) in [7, 11) is 0. The Balaban J connectivity index is 3.17. The first-order chi connectivity index (χ1) is 7.64. The Morgan fingerprint density at radius 1 is 1.24 bits per heavy atom. The van der Waals surface area contributed by atoms with Crippen molar-refractivity contribution in [1.82, 2.24) is 4.98 Å². The van der Waals surface area contributed by atoms with Crippen LogP contribution in [0.1, 0.15) is 20.8 Å². The van der Waals surface area contributed by atoms with Crippen molar-refractivity contribution >= 4 is 46.6 Å². The fourth-order valence-corrected chi connectivity index (χ4v) is 1.44. The molecular formula is C10H11Cl3N2O2. The molecule has 0 aliphatic heterocycles. The molecule has 0 atom stereocenters. The molecular weight excluding hydrogens is 286 g/mol. The van der Waals surface area contributed by atoms with E-state index >= 15 is 0 Å². The van der Waals surface area contributed by atoms with Gasteiger partial charge in [-0.25, -0.2) is 4.98 Å². The van der Waals surface area contributed by atoms with Crippen molar-refractivity contribution < 1.29 is 9.53 Å². The average Bonchev–Trinajstić information content (AvgIpc) is 2.19. The number of nitrogens with zero attached hydrogens (tertiary/aromatic N) is 1. The Hall–Kier alpha value is -0.710. The highest BCUT2D eigenvalue weighted by atomic mass is 35.5. The Morgan fingerprint density at radius 2 is 1.76 bits per heavy atom. The van der Waals surface area contributed by atoms with Gasteiger partial charge in [0.05, 0.1) is 5.41 Å². The first-order valence-corrected chi connectivity index (χ1v) is 5.80. The molecule has 4 nitrogen and oxygen atoms in total. The Labute approximate surface area is 114 Å². The second-order valence-corrected chi connectivity index (χ2v) is 5.50. The number of pyridine rings is 1. The predicted molar refractivity (Wildman–Crippen MR) is 68.8 cm³/mol. The molecule has 0 spiro atoms. The Kier molecular flexibility index (Phi) is 4.12. The molecule has 0 fully saturated rings. The van der Waals surface area contributed by atoms with Gasteiger partial charge >= 0.3 is 5.97 Å². The van der Waals surface area contributed by atoms with Crippen molar-refractivity contribution in [3.05, 3.63) is 15.2 Å². The highest BCUT2D eigenvalue weighted by Gasteiger charge is 2.27. The first kappa shape index (κ1) is 14.4. The van der Waals surface area contributed by atoms with E-state index in [1.54, 1.807) is 20.8 Å². The molecule has 0 bridgehead atoms. The van der Waals surface area contributed by atoms with E-state index < -0.39 is 11.4 Å². The second kappa shape index (κ2) is 4.88. The molecule has 1 aromatic rings. The van der Waals surface area contributed by atoms with E-state index in [4.69, 9.17) is 45.3 Å². The summed E-state index contributed by atoms with van der Waals surface area (Å²) in [6.07, 6.45) is 0. The number of anilines is 1. The number of nitrogens with two attached hydrogens (primary N) is 1. The number of esters is 1. The van der Waals surface area contributed by atoms with Crippen molar-refractivity contribution in [2.45, 2.75) is 20.8 Å². The Morgan fingerprint density at radius 3 is 2.24 bits per heavy atom. The minimum atomic E-state index is -0.693. The van der Waals surface area contributed by atoms with Crippen molar-refractivity contribution in [3.8, 4) is 5.75 Å². The number of halogens is 3. The van der Waals surface area contributed by atoms with Gasteiger partial charge in [0.25, 0.3) is 0 Å². The number of ether oxygens (including phenoxy) is 1. The molecule has 0 aliphatic rings. The van der Waals surface area contributed by atoms with Gasteiger partial charge in [-0.05, 0) is 20.8 Å². The lowest BCUT2D eigenvalue weighted by molar-refractivity contribution is -0.142. The molecule has 0 radical (unpaired) electrons. The van der Waals surface area contributed by atoms with Crippen LogP contribution in [0.2, 0.25) is 15.2 Å². The second-order valence-electron chi connectivity index (χ2n) is 4.38. The molecule has 7 heteroatoms. The number of aromatic nitrogens is 1. The van der Waals surface area contributed by atoms with Gasteiger partial charge < -0.3 is 10.5 Å². The number of rotatable bonds is 1. The topological polar surface area (TPSA) is 65.2 Å². The summed E-state index contributed by atoms with van der Waals surface area (Å²) < 4.78 is 5.07. The third-order valence-electron chi connectivity index (χ3n) is 1.83. The quantitative estimate of drug-likeness (QED) is 0.635. The molecule has 1 rings (SSSR count). The van der Waals surface area contributed by atoms with Crippen LogP contribution in [0.4, 0.5) is 5.82 Å². The van der Waals surface area contributed by atoms with Gasteiger partial charge in [-0.2, -0.15) is 0 Å². The molecule has 0 saturated heterocycles. The smallest absolute Gasteiger partial charge is 0.316 e. The van der Waals surface area contributed by atoms with Crippen LogP contribution >= 0.6 is 34.8 Å². The van der Waals surface area contributed by atoms with Crippen LogP contribution in [0.25, 0.3) is 0 Å². The first-order valence-electron chi connectivity index (χ1n) is 4.67. The summed E-state index contributed by atoms with van der Waals surface area (Å²) in [4.78, 5) is 15.4. The molecule has 0 aromatic carbocycles. The normalized spacial score (nSPS) is 11.4. The average molecular weight is 298 g/mol. The lowest BCUT2D eigenvalue weighted by Gasteiger charge is -2.18. The highest BCUT2D eigenvalue weighted by Crippen LogP contribution is 2.40. The van der Waals surface area contributed by atoms with E-state index in [-0.39, 0.29) is 26.8 Å². The van der Waals surface area contributed by atoms with Crippen molar-refractivity contribution in [3.63, 3.8) is 0 Å². The van der Waals surface area contributed by atoms with E-state index in [0.717, 1.165) is 0 Å². The van der Waals surface area contributed by atoms with E-state index in [9.17, 15) is 4.79 Å². The zero-order chi connectivity index (χ0) is 13.4. The number of nitrogen functional groups attached to an aromatic ring is 1. The minimum Gasteiger partial charge on any atom is -0.420 e. The van der Waals surface area contributed by atoms with Gasteiger partial charge in [0.1, 0.15) is 10.0 Å². The van der Waals surface area contributed by atoms with Crippen LogP contribution in [0.5, 0.6) is 5.75 Å². The third-order valence-corrected chi connectivity index (χ3v) is 3.03. The summed E-state index contributed by atoms with van der Waals surface area (Å²) in [6, 6.07) is 0. The zero-order valence-electron chi connectivity index (χ0n) is 9.47. The fourth-order valence-electron chi connectivity index (χ4n) is 0.851. The van der Waals surface area contributed by atoms with Gasteiger partial charge in [-0.3, -0.25) is 4.79 Å². The molecule has 1 aromatic heterocycles. The third kappa shape index (κ3) is 3.15. The summed E-state index contributed by atoms with van der Waals surface area (Å²) in [5.74, 6) is -0.644. The highest BCUT2D eigenvalue weighted by molar-refractivity contribution is 6.48. The van der Waals surface area contributed by atoms with Gasteiger partial charge in [-0.15, -0.1) is 0 Å². The number of hydrogen-bond donors (Lipinski definition) is 1. The van der Waals surface area contributed by atoms with E-state index in [1.165, 1.54) is 0 Å². The lowest BCUT2D eigenvalue weighted by Crippen LogP contribution is -2.26. The summed E-state index contributed by atoms with van der Waals surface area (Å²) in [5.41, 5.74) is 4.87. The van der Waals surface area contributed by atoms with Gasteiger partial charge in [0, 0.05) is 0 Å². The number of hydrogen-bond acceptors (Lipinski definition) is 4. The molecule has 0 saturated carbocycles. The lowest BCUT2D eigenvalue weighted by atomic mass is 9.97. The standard InChI is InChI=1S/C10H11Cl3N2O2/c1-10(2,3)9(16)17-6-4(11)5(12)7(13)15-8(6)14/h1-3H3,(H2,14,15). The van der Waals surface area contributed by atoms with Crippen LogP contribution in [-0.4, -0.2) is 11.0 Å². The Bertz CT molecular complexity index is 470. The van der Waals surface area contributed by atoms with Crippen molar-refractivity contribution in [2.24, 2.45) is 5.41 Å². The van der Waals surface area contributed by atoms with Gasteiger partial charge in [-0.1, -0.05) is 34.8 Å². The molecule has 0 amide bonds. The van der Waals surface area contributed by atoms with Crippen LogP contribution in [0.3, 0.4) is 0 Å². The molecule has 94 valence electrons. The van der Waals surface area contributed by atoms with E-state index in [2.05, 4.69) is 4.98 Å². The van der Waals surface area contributed by atoms with Crippen LogP contribution in [0.15, 0.2) is 0 Å². The predicted octanol–water partition coefficient (Wildman–Crippen LogP) is 3.58. The SMILES string of the molecule is CC(C)(C)C(=O)Oc1c(N)nc(Cl)c(Cl)c1Cl. The zero-order valence-corrected chi connectivity index (χ0v) is 11.7. The molecule has 1 heterocycles. The van der Waals surface area contributed by atoms with E-state index in [1.807, 2.05) is 0 Å². The van der Waals surface area contributed by atoms with Gasteiger partial charge in [0.15, 0.2) is 16.7 Å². The van der Waals surface area contributed by atoms with Crippen molar-refractivity contribution in [1.29, 1.82) is 0 Å². The number of carbonyl (C=O) groups is 1. The summed E-state index contributed by atoms with van der Waals surface area (Å²) >= 11 is 17.3. The minimum absolute atomic E-state index is 0.000701. The molecule has 0 unspecified atom stereocenters. The van der Waals surface area contributed by atoms with Crippen LogP contribution in [0, 0.1) is 5.41 Å². The van der Waals surface area contributed by atoms with E-state index in [0.29, 0.717) is 0 Å². The maximum absolute atomic E-state index is 11.7. The van der Waals surface area contributed by atoms with Crippen LogP contribution in [-0.2, 0) is 4.79 Å². The maximum Gasteiger partial charge on any atom is 0.316 e. The fraction of sp³-hybridized carbons (Fsp3) is 0.400.